The molecule has 1 saturated carbocycles. The summed E-state index contributed by atoms with van der Waals surface area (Å²) in [5.74, 6) is 0.994. The first-order valence-corrected chi connectivity index (χ1v) is 6.61. The molecule has 0 spiro atoms. The van der Waals surface area contributed by atoms with Crippen LogP contribution in [0.3, 0.4) is 0 Å². The van der Waals surface area contributed by atoms with Crippen LogP contribution in [0.4, 0.5) is 0 Å². The topological polar surface area (TPSA) is 12.0 Å². The van der Waals surface area contributed by atoms with Crippen LogP contribution in [-0.2, 0) is 0 Å². The van der Waals surface area contributed by atoms with Crippen LogP contribution in [0.2, 0.25) is 0 Å². The van der Waals surface area contributed by atoms with Gasteiger partial charge in [-0.05, 0) is 38.1 Å². The van der Waals surface area contributed by atoms with Crippen molar-refractivity contribution in [1.82, 2.24) is 5.32 Å². The molecule has 1 rings (SSSR count). The Bertz CT molecular complexity index is 119. The Kier molecular flexibility index (Phi) is 6.25. The van der Waals surface area contributed by atoms with Gasteiger partial charge in [0.15, 0.2) is 0 Å². The van der Waals surface area contributed by atoms with Crippen molar-refractivity contribution in [1.29, 1.82) is 0 Å². The van der Waals surface area contributed by atoms with E-state index in [1.54, 1.807) is 0 Å². The highest BCUT2D eigenvalue weighted by molar-refractivity contribution is 4.80. The summed E-state index contributed by atoms with van der Waals surface area (Å²) in [6, 6.07) is 0.831. The van der Waals surface area contributed by atoms with Gasteiger partial charge < -0.3 is 5.32 Å². The molecule has 1 N–H and O–H groups in total. The lowest BCUT2D eigenvalue weighted by molar-refractivity contribution is 0.333. The third-order valence-corrected chi connectivity index (χ3v) is 3.49. The van der Waals surface area contributed by atoms with Crippen molar-refractivity contribution in [3.05, 3.63) is 0 Å². The summed E-state index contributed by atoms with van der Waals surface area (Å²) in [5, 5.41) is 3.75. The van der Waals surface area contributed by atoms with Crippen molar-refractivity contribution in [3.8, 4) is 0 Å². The average molecular weight is 197 g/mol. The standard InChI is InChI=1S/C13H27N/c1-3-5-10-13(14-11-4-2)12-8-6-7-9-12/h12-14H,3-11H2,1-2H3. The van der Waals surface area contributed by atoms with E-state index in [4.69, 9.17) is 0 Å². The van der Waals surface area contributed by atoms with Gasteiger partial charge in [0.2, 0.25) is 0 Å². The number of hydrogen-bond acceptors (Lipinski definition) is 1. The van der Waals surface area contributed by atoms with E-state index in [2.05, 4.69) is 19.2 Å². The van der Waals surface area contributed by atoms with Crippen LogP contribution >= 0.6 is 0 Å². The predicted octanol–water partition coefficient (Wildman–Crippen LogP) is 3.74. The molecule has 84 valence electrons. The first-order valence-electron chi connectivity index (χ1n) is 6.61. The molecule has 0 aliphatic heterocycles. The summed E-state index contributed by atoms with van der Waals surface area (Å²) in [6.07, 6.45) is 11.3. The van der Waals surface area contributed by atoms with Crippen LogP contribution in [0.25, 0.3) is 0 Å². The minimum Gasteiger partial charge on any atom is -0.314 e. The zero-order valence-electron chi connectivity index (χ0n) is 10.0. The summed E-state index contributed by atoms with van der Waals surface area (Å²) < 4.78 is 0. The van der Waals surface area contributed by atoms with Crippen LogP contribution in [0.15, 0.2) is 0 Å². The molecule has 1 nitrogen and oxygen atoms in total. The van der Waals surface area contributed by atoms with E-state index in [0.717, 1.165) is 12.0 Å². The van der Waals surface area contributed by atoms with E-state index in [1.165, 1.54) is 57.9 Å². The molecule has 0 amide bonds. The van der Waals surface area contributed by atoms with Crippen molar-refractivity contribution in [2.24, 2.45) is 5.92 Å². The molecule has 1 aliphatic rings. The molecule has 1 unspecified atom stereocenters. The molecule has 1 fully saturated rings. The van der Waals surface area contributed by atoms with Gasteiger partial charge >= 0.3 is 0 Å². The normalized spacial score (nSPS) is 20.1. The third-order valence-electron chi connectivity index (χ3n) is 3.49. The molecular weight excluding hydrogens is 170 g/mol. The Labute approximate surface area is 89.7 Å². The minimum atomic E-state index is 0.831. The largest absolute Gasteiger partial charge is 0.314 e. The zero-order chi connectivity index (χ0) is 10.2. The summed E-state index contributed by atoms with van der Waals surface area (Å²) in [7, 11) is 0. The minimum absolute atomic E-state index is 0.831. The highest BCUT2D eigenvalue weighted by Crippen LogP contribution is 2.29. The molecule has 0 saturated heterocycles. The third kappa shape index (κ3) is 4.00. The molecule has 1 atom stereocenters. The number of rotatable bonds is 7. The van der Waals surface area contributed by atoms with Crippen LogP contribution in [0.1, 0.15) is 65.2 Å². The van der Waals surface area contributed by atoms with Crippen molar-refractivity contribution in [2.75, 3.05) is 6.54 Å². The molecule has 0 radical (unpaired) electrons. The van der Waals surface area contributed by atoms with Gasteiger partial charge in [0.05, 0.1) is 0 Å². The van der Waals surface area contributed by atoms with Gasteiger partial charge in [-0.3, -0.25) is 0 Å². The maximum atomic E-state index is 3.75. The van der Waals surface area contributed by atoms with Gasteiger partial charge in [0.25, 0.3) is 0 Å². The van der Waals surface area contributed by atoms with E-state index in [9.17, 15) is 0 Å². The molecule has 0 heterocycles. The van der Waals surface area contributed by atoms with Crippen molar-refractivity contribution < 1.29 is 0 Å². The second-order valence-corrected chi connectivity index (χ2v) is 4.75. The molecule has 0 aromatic rings. The van der Waals surface area contributed by atoms with Crippen molar-refractivity contribution in [2.45, 2.75) is 71.3 Å². The lowest BCUT2D eigenvalue weighted by atomic mass is 9.93. The molecule has 1 heteroatoms. The van der Waals surface area contributed by atoms with Crippen LogP contribution in [0, 0.1) is 5.92 Å². The Hall–Kier alpha value is -0.0400. The second kappa shape index (κ2) is 7.28. The fraction of sp³-hybridized carbons (Fsp3) is 1.00. The van der Waals surface area contributed by atoms with Gasteiger partial charge in [-0.15, -0.1) is 0 Å². The molecule has 1 aliphatic carbocycles. The summed E-state index contributed by atoms with van der Waals surface area (Å²) in [6.45, 7) is 5.77. The van der Waals surface area contributed by atoms with Crippen molar-refractivity contribution in [3.63, 3.8) is 0 Å². The molecule has 0 aromatic carbocycles. The van der Waals surface area contributed by atoms with E-state index >= 15 is 0 Å². The lowest BCUT2D eigenvalue weighted by Crippen LogP contribution is -2.35. The number of nitrogens with one attached hydrogen (secondary N) is 1. The second-order valence-electron chi connectivity index (χ2n) is 4.75. The van der Waals surface area contributed by atoms with Crippen LogP contribution < -0.4 is 5.32 Å². The van der Waals surface area contributed by atoms with Crippen LogP contribution in [0.5, 0.6) is 0 Å². The number of hydrogen-bond donors (Lipinski definition) is 1. The predicted molar refractivity (Wildman–Crippen MR) is 63.6 cm³/mol. The summed E-state index contributed by atoms with van der Waals surface area (Å²) in [5.41, 5.74) is 0. The highest BCUT2D eigenvalue weighted by atomic mass is 14.9. The Morgan fingerprint density at radius 2 is 1.86 bits per heavy atom. The summed E-state index contributed by atoms with van der Waals surface area (Å²) >= 11 is 0. The van der Waals surface area contributed by atoms with E-state index in [0.29, 0.717) is 0 Å². The summed E-state index contributed by atoms with van der Waals surface area (Å²) in [4.78, 5) is 0. The van der Waals surface area contributed by atoms with Gasteiger partial charge in [-0.1, -0.05) is 39.5 Å². The fourth-order valence-electron chi connectivity index (χ4n) is 2.62. The molecule has 0 aromatic heterocycles. The maximum Gasteiger partial charge on any atom is 0.00953 e. The van der Waals surface area contributed by atoms with E-state index < -0.39 is 0 Å². The Balaban J connectivity index is 2.26. The van der Waals surface area contributed by atoms with Gasteiger partial charge in [-0.2, -0.15) is 0 Å². The van der Waals surface area contributed by atoms with Gasteiger partial charge in [0, 0.05) is 6.04 Å². The molecule has 14 heavy (non-hydrogen) atoms. The van der Waals surface area contributed by atoms with E-state index in [-0.39, 0.29) is 0 Å². The Morgan fingerprint density at radius 1 is 1.14 bits per heavy atom. The van der Waals surface area contributed by atoms with Gasteiger partial charge in [0.1, 0.15) is 0 Å². The lowest BCUT2D eigenvalue weighted by Gasteiger charge is -2.24. The first-order chi connectivity index (χ1) is 6.88. The van der Waals surface area contributed by atoms with Crippen LogP contribution in [-0.4, -0.2) is 12.6 Å². The molecule has 0 bridgehead atoms. The molecular formula is C13H27N. The zero-order valence-corrected chi connectivity index (χ0v) is 10.0. The Morgan fingerprint density at radius 3 is 2.43 bits per heavy atom. The number of unbranched alkanes of at least 4 members (excludes halogenated alkanes) is 1. The van der Waals surface area contributed by atoms with Gasteiger partial charge in [-0.25, -0.2) is 0 Å². The first kappa shape index (κ1) is 12.0. The highest BCUT2D eigenvalue weighted by Gasteiger charge is 2.23. The van der Waals surface area contributed by atoms with E-state index in [1.807, 2.05) is 0 Å². The van der Waals surface area contributed by atoms with Crippen molar-refractivity contribution >= 4 is 0 Å². The SMILES string of the molecule is CCCCC(NCCC)C1CCCC1. The fourth-order valence-corrected chi connectivity index (χ4v) is 2.62. The monoisotopic (exact) mass is 197 g/mol. The maximum absolute atomic E-state index is 3.75. The average Bonchev–Trinajstić information content (AvgIpc) is 2.71. The quantitative estimate of drug-likeness (QED) is 0.655. The smallest absolute Gasteiger partial charge is 0.00953 e.